The lowest BCUT2D eigenvalue weighted by Crippen LogP contribution is -2.00. The predicted molar refractivity (Wildman–Crippen MR) is 53.3 cm³/mol. The molecule has 0 amide bonds. The van der Waals surface area contributed by atoms with E-state index in [0.717, 1.165) is 22.4 Å². The van der Waals surface area contributed by atoms with E-state index in [1.54, 1.807) is 0 Å². The van der Waals surface area contributed by atoms with Gasteiger partial charge in [0.2, 0.25) is 0 Å². The number of para-hydroxylation sites is 1. The molecule has 1 heterocycles. The second kappa shape index (κ2) is 2.85. The van der Waals surface area contributed by atoms with Crippen molar-refractivity contribution in [3.63, 3.8) is 0 Å². The van der Waals surface area contributed by atoms with E-state index in [9.17, 15) is 0 Å². The summed E-state index contributed by atoms with van der Waals surface area (Å²) in [6.45, 7) is 2.57. The van der Waals surface area contributed by atoms with Crippen LogP contribution < -0.4 is 5.73 Å². The fourth-order valence-electron chi connectivity index (χ4n) is 1.63. The molecule has 13 heavy (non-hydrogen) atoms. The van der Waals surface area contributed by atoms with Crippen molar-refractivity contribution in [3.05, 3.63) is 29.6 Å². The molecule has 0 atom stereocenters. The molecule has 0 unspecified atom stereocenters. The molecule has 2 N–H and O–H groups in total. The molecule has 0 spiro atoms. The van der Waals surface area contributed by atoms with Crippen LogP contribution in [0.5, 0.6) is 0 Å². The Morgan fingerprint density at radius 2 is 2.23 bits per heavy atom. The topological polar surface area (TPSA) is 43.8 Å². The van der Waals surface area contributed by atoms with E-state index in [1.165, 1.54) is 0 Å². The number of fused-ring (bicyclic) bond motifs is 1. The minimum atomic E-state index is 0.566. The Labute approximate surface area is 77.2 Å². The third-order valence-corrected chi connectivity index (χ3v) is 2.42. The lowest BCUT2D eigenvalue weighted by Gasteiger charge is -2.02. The zero-order valence-electron chi connectivity index (χ0n) is 7.91. The Hall–Kier alpha value is -1.35. The highest BCUT2D eigenvalue weighted by atomic mass is 15.1. The van der Waals surface area contributed by atoms with Crippen LogP contribution in [0.4, 0.5) is 0 Å². The summed E-state index contributed by atoms with van der Waals surface area (Å²) in [5.74, 6) is 1.02. The van der Waals surface area contributed by atoms with Gasteiger partial charge in [0, 0.05) is 13.6 Å². The van der Waals surface area contributed by atoms with Gasteiger partial charge in [-0.15, -0.1) is 0 Å². The number of nitrogens with two attached hydrogens (primary N) is 1. The Balaban J connectivity index is 2.87. The van der Waals surface area contributed by atoms with Gasteiger partial charge in [-0.1, -0.05) is 12.1 Å². The second-order valence-electron chi connectivity index (χ2n) is 3.21. The number of aromatic nitrogens is 2. The molecular weight excluding hydrogens is 162 g/mol. The van der Waals surface area contributed by atoms with Crippen LogP contribution in [0.15, 0.2) is 18.2 Å². The lowest BCUT2D eigenvalue weighted by atomic mass is 10.2. The quantitative estimate of drug-likeness (QED) is 0.710. The van der Waals surface area contributed by atoms with Crippen molar-refractivity contribution in [3.8, 4) is 0 Å². The van der Waals surface area contributed by atoms with E-state index in [2.05, 4.69) is 9.55 Å². The average Bonchev–Trinajstić information content (AvgIpc) is 2.43. The molecule has 3 heteroatoms. The van der Waals surface area contributed by atoms with Crippen LogP contribution in [-0.2, 0) is 13.6 Å². The predicted octanol–water partition coefficient (Wildman–Crippen LogP) is 1.34. The number of aryl methyl sites for hydroxylation is 2. The van der Waals surface area contributed by atoms with Crippen molar-refractivity contribution < 1.29 is 0 Å². The Bertz CT molecular complexity index is 443. The van der Waals surface area contributed by atoms with Crippen LogP contribution in [-0.4, -0.2) is 9.55 Å². The molecule has 1 aromatic carbocycles. The molecule has 2 aromatic rings. The first-order valence-electron chi connectivity index (χ1n) is 4.35. The smallest absolute Gasteiger partial charge is 0.106 e. The summed E-state index contributed by atoms with van der Waals surface area (Å²) in [4.78, 5) is 4.43. The number of rotatable bonds is 1. The summed E-state index contributed by atoms with van der Waals surface area (Å²) in [5.41, 5.74) is 8.99. The Morgan fingerprint density at radius 3 is 2.92 bits per heavy atom. The highest BCUT2D eigenvalue weighted by Crippen LogP contribution is 2.18. The van der Waals surface area contributed by atoms with E-state index in [4.69, 9.17) is 5.73 Å². The normalized spacial score (nSPS) is 11.0. The van der Waals surface area contributed by atoms with Crippen LogP contribution in [0.3, 0.4) is 0 Å². The largest absolute Gasteiger partial charge is 0.331 e. The van der Waals surface area contributed by atoms with Gasteiger partial charge >= 0.3 is 0 Å². The van der Waals surface area contributed by atoms with E-state index in [0.29, 0.717) is 6.54 Å². The average molecular weight is 175 g/mol. The van der Waals surface area contributed by atoms with Gasteiger partial charge in [0.15, 0.2) is 0 Å². The summed E-state index contributed by atoms with van der Waals surface area (Å²) in [7, 11) is 2.02. The van der Waals surface area contributed by atoms with E-state index in [-0.39, 0.29) is 0 Å². The van der Waals surface area contributed by atoms with Crippen LogP contribution in [0.2, 0.25) is 0 Å². The van der Waals surface area contributed by atoms with Crippen molar-refractivity contribution in [1.82, 2.24) is 9.55 Å². The lowest BCUT2D eigenvalue weighted by molar-refractivity contribution is 0.878. The molecule has 68 valence electrons. The summed E-state index contributed by atoms with van der Waals surface area (Å²) < 4.78 is 2.08. The molecule has 0 radical (unpaired) electrons. The van der Waals surface area contributed by atoms with Gasteiger partial charge in [-0.2, -0.15) is 0 Å². The highest BCUT2D eigenvalue weighted by molar-refractivity contribution is 5.79. The molecule has 0 saturated carbocycles. The van der Waals surface area contributed by atoms with Gasteiger partial charge in [0.25, 0.3) is 0 Å². The first-order valence-corrected chi connectivity index (χ1v) is 4.35. The number of benzene rings is 1. The van der Waals surface area contributed by atoms with Crippen LogP contribution in [0.25, 0.3) is 11.0 Å². The number of hydrogen-bond acceptors (Lipinski definition) is 2. The minimum absolute atomic E-state index is 0.566. The molecule has 3 nitrogen and oxygen atoms in total. The van der Waals surface area contributed by atoms with Crippen LogP contribution in [0.1, 0.15) is 11.4 Å². The SMILES string of the molecule is Cc1nc2cccc(CN)c2n1C. The minimum Gasteiger partial charge on any atom is -0.331 e. The van der Waals surface area contributed by atoms with E-state index in [1.807, 2.05) is 32.2 Å². The number of nitrogens with zero attached hydrogens (tertiary/aromatic N) is 2. The molecular formula is C10H13N3. The van der Waals surface area contributed by atoms with Gasteiger partial charge < -0.3 is 10.3 Å². The van der Waals surface area contributed by atoms with Gasteiger partial charge in [0.1, 0.15) is 5.82 Å². The highest BCUT2D eigenvalue weighted by Gasteiger charge is 2.06. The fourth-order valence-corrected chi connectivity index (χ4v) is 1.63. The molecule has 0 aliphatic heterocycles. The first-order chi connectivity index (χ1) is 6.24. The van der Waals surface area contributed by atoms with E-state index >= 15 is 0 Å². The maximum Gasteiger partial charge on any atom is 0.106 e. The summed E-state index contributed by atoms with van der Waals surface area (Å²) in [5, 5.41) is 0. The van der Waals surface area contributed by atoms with Crippen LogP contribution in [0, 0.1) is 6.92 Å². The molecule has 2 rings (SSSR count). The number of imidazole rings is 1. The third kappa shape index (κ3) is 1.12. The molecule has 0 bridgehead atoms. The van der Waals surface area contributed by atoms with Crippen LogP contribution >= 0.6 is 0 Å². The summed E-state index contributed by atoms with van der Waals surface area (Å²) in [6.07, 6.45) is 0. The third-order valence-electron chi connectivity index (χ3n) is 2.42. The molecule has 1 aromatic heterocycles. The summed E-state index contributed by atoms with van der Waals surface area (Å²) >= 11 is 0. The van der Waals surface area contributed by atoms with Gasteiger partial charge in [0.05, 0.1) is 11.0 Å². The zero-order chi connectivity index (χ0) is 9.42. The fraction of sp³-hybridized carbons (Fsp3) is 0.300. The monoisotopic (exact) mass is 175 g/mol. The van der Waals surface area contributed by atoms with Crippen molar-refractivity contribution in [2.75, 3.05) is 0 Å². The van der Waals surface area contributed by atoms with E-state index < -0.39 is 0 Å². The van der Waals surface area contributed by atoms with Gasteiger partial charge in [-0.3, -0.25) is 0 Å². The van der Waals surface area contributed by atoms with Gasteiger partial charge in [-0.05, 0) is 18.6 Å². The van der Waals surface area contributed by atoms with Gasteiger partial charge in [-0.25, -0.2) is 4.98 Å². The molecule has 0 aliphatic rings. The number of hydrogen-bond donors (Lipinski definition) is 1. The molecule has 0 fully saturated rings. The second-order valence-corrected chi connectivity index (χ2v) is 3.21. The van der Waals surface area contributed by atoms with Crippen molar-refractivity contribution in [1.29, 1.82) is 0 Å². The molecule has 0 saturated heterocycles. The summed E-state index contributed by atoms with van der Waals surface area (Å²) in [6, 6.07) is 6.06. The first kappa shape index (κ1) is 8.26. The maximum atomic E-state index is 5.65. The Kier molecular flexibility index (Phi) is 1.81. The molecule has 0 aliphatic carbocycles. The Morgan fingerprint density at radius 1 is 1.46 bits per heavy atom. The maximum absolute atomic E-state index is 5.65. The van der Waals surface area contributed by atoms with Crippen molar-refractivity contribution >= 4 is 11.0 Å². The standard InChI is InChI=1S/C10H13N3/c1-7-12-9-5-3-4-8(6-11)10(9)13(7)2/h3-5H,6,11H2,1-2H3. The van der Waals surface area contributed by atoms with Crippen molar-refractivity contribution in [2.24, 2.45) is 12.8 Å². The zero-order valence-corrected chi connectivity index (χ0v) is 7.91. The van der Waals surface area contributed by atoms with Crippen molar-refractivity contribution in [2.45, 2.75) is 13.5 Å².